The summed E-state index contributed by atoms with van der Waals surface area (Å²) in [5.41, 5.74) is 3.21. The summed E-state index contributed by atoms with van der Waals surface area (Å²) in [6.07, 6.45) is 0. The van der Waals surface area contributed by atoms with E-state index < -0.39 is 11.6 Å². The van der Waals surface area contributed by atoms with Gasteiger partial charge in [-0.3, -0.25) is 9.69 Å². The number of aromatic nitrogens is 2. The quantitative estimate of drug-likeness (QED) is 0.508. The molecule has 1 saturated heterocycles. The van der Waals surface area contributed by atoms with Crippen molar-refractivity contribution in [3.8, 4) is 5.69 Å². The third kappa shape index (κ3) is 3.09. The molecule has 0 radical (unpaired) electrons. The summed E-state index contributed by atoms with van der Waals surface area (Å²) in [6, 6.07) is 18.6. The van der Waals surface area contributed by atoms with Crippen molar-refractivity contribution < 1.29 is 14.0 Å². The molecule has 1 aliphatic heterocycles. The number of amides is 3. The van der Waals surface area contributed by atoms with E-state index in [1.165, 1.54) is 4.90 Å². The highest BCUT2D eigenvalue weighted by Crippen LogP contribution is 2.33. The van der Waals surface area contributed by atoms with Gasteiger partial charge in [-0.2, -0.15) is 5.10 Å². The first-order chi connectivity index (χ1) is 14.8. The smallest absolute Gasteiger partial charge is 0.325 e. The Morgan fingerprint density at radius 1 is 1.03 bits per heavy atom. The molecule has 1 fully saturated rings. The zero-order valence-corrected chi connectivity index (χ0v) is 17.5. The van der Waals surface area contributed by atoms with Gasteiger partial charge in [0.05, 0.1) is 17.9 Å². The van der Waals surface area contributed by atoms with Crippen LogP contribution in [-0.4, -0.2) is 26.6 Å². The summed E-state index contributed by atoms with van der Waals surface area (Å²) in [4.78, 5) is 27.1. The molecule has 31 heavy (non-hydrogen) atoms. The maximum atomic E-state index is 13.2. The SMILES string of the molecule is Cc1cc(C)n(-c2ccc(CN3C(=O)NC(C)(c4cc5ccccc5o4)C3=O)cc2)n1. The van der Waals surface area contributed by atoms with Crippen LogP contribution in [0.3, 0.4) is 0 Å². The van der Waals surface area contributed by atoms with E-state index in [0.29, 0.717) is 11.3 Å². The molecule has 2 aromatic heterocycles. The zero-order valence-electron chi connectivity index (χ0n) is 17.5. The molecule has 0 aliphatic carbocycles. The van der Waals surface area contributed by atoms with Crippen LogP contribution in [0.1, 0.15) is 29.6 Å². The Bertz CT molecular complexity index is 1290. The van der Waals surface area contributed by atoms with E-state index in [1.54, 1.807) is 13.0 Å². The van der Waals surface area contributed by atoms with Crippen LogP contribution in [0.5, 0.6) is 0 Å². The highest BCUT2D eigenvalue weighted by Gasteiger charge is 2.51. The maximum absolute atomic E-state index is 13.2. The predicted octanol–water partition coefficient (Wildman–Crippen LogP) is 4.20. The Labute approximate surface area is 179 Å². The number of carbonyl (C=O) groups is 2. The number of imide groups is 1. The second kappa shape index (κ2) is 6.84. The average Bonchev–Trinajstić information content (AvgIpc) is 3.40. The fourth-order valence-corrected chi connectivity index (χ4v) is 4.05. The second-order valence-electron chi connectivity index (χ2n) is 8.10. The van der Waals surface area contributed by atoms with Crippen molar-refractivity contribution in [1.82, 2.24) is 20.0 Å². The van der Waals surface area contributed by atoms with Crippen molar-refractivity contribution in [3.63, 3.8) is 0 Å². The Kier molecular flexibility index (Phi) is 4.22. The van der Waals surface area contributed by atoms with Gasteiger partial charge in [-0.25, -0.2) is 9.48 Å². The van der Waals surface area contributed by atoms with E-state index in [-0.39, 0.29) is 12.5 Å². The largest absolute Gasteiger partial charge is 0.458 e. The van der Waals surface area contributed by atoms with Crippen molar-refractivity contribution in [1.29, 1.82) is 0 Å². The first kappa shape index (κ1) is 19.1. The monoisotopic (exact) mass is 414 g/mol. The molecule has 0 spiro atoms. The van der Waals surface area contributed by atoms with Gasteiger partial charge in [0.1, 0.15) is 11.3 Å². The van der Waals surface area contributed by atoms with Gasteiger partial charge in [0, 0.05) is 11.1 Å². The van der Waals surface area contributed by atoms with Crippen LogP contribution in [0.25, 0.3) is 16.7 Å². The topological polar surface area (TPSA) is 80.4 Å². The molecule has 1 unspecified atom stereocenters. The second-order valence-corrected chi connectivity index (χ2v) is 8.10. The molecule has 0 saturated carbocycles. The van der Waals surface area contributed by atoms with Crippen molar-refractivity contribution >= 4 is 22.9 Å². The van der Waals surface area contributed by atoms with Crippen LogP contribution in [0.2, 0.25) is 0 Å². The minimum absolute atomic E-state index is 0.178. The van der Waals surface area contributed by atoms with Crippen molar-refractivity contribution in [2.45, 2.75) is 32.9 Å². The highest BCUT2D eigenvalue weighted by atomic mass is 16.3. The summed E-state index contributed by atoms with van der Waals surface area (Å²) < 4.78 is 7.74. The molecule has 2 aromatic carbocycles. The number of para-hydroxylation sites is 1. The number of rotatable bonds is 4. The fourth-order valence-electron chi connectivity index (χ4n) is 4.05. The van der Waals surface area contributed by atoms with Crippen LogP contribution < -0.4 is 5.32 Å². The van der Waals surface area contributed by atoms with Gasteiger partial charge in [0.15, 0.2) is 5.54 Å². The number of benzene rings is 2. The number of fused-ring (bicyclic) bond motifs is 1. The lowest BCUT2D eigenvalue weighted by Gasteiger charge is -2.19. The number of hydrogen-bond acceptors (Lipinski definition) is 4. The van der Waals surface area contributed by atoms with E-state index in [9.17, 15) is 9.59 Å². The Morgan fingerprint density at radius 2 is 1.77 bits per heavy atom. The molecule has 1 aliphatic rings. The number of aryl methyl sites for hydroxylation is 2. The number of nitrogens with zero attached hydrogens (tertiary/aromatic N) is 3. The maximum Gasteiger partial charge on any atom is 0.325 e. The van der Waals surface area contributed by atoms with Crippen molar-refractivity contribution in [2.24, 2.45) is 0 Å². The summed E-state index contributed by atoms with van der Waals surface area (Å²) in [7, 11) is 0. The third-order valence-electron chi connectivity index (χ3n) is 5.72. The van der Waals surface area contributed by atoms with Gasteiger partial charge in [-0.1, -0.05) is 30.3 Å². The van der Waals surface area contributed by atoms with Crippen LogP contribution in [0, 0.1) is 13.8 Å². The van der Waals surface area contributed by atoms with Gasteiger partial charge >= 0.3 is 6.03 Å². The average molecular weight is 414 g/mol. The van der Waals surface area contributed by atoms with Gasteiger partial charge < -0.3 is 9.73 Å². The molecule has 7 nitrogen and oxygen atoms in total. The van der Waals surface area contributed by atoms with Crippen LogP contribution in [0.4, 0.5) is 4.79 Å². The number of nitrogens with one attached hydrogen (secondary N) is 1. The van der Waals surface area contributed by atoms with Crippen molar-refractivity contribution in [2.75, 3.05) is 0 Å². The molecule has 3 amide bonds. The molecule has 4 aromatic rings. The molecule has 0 bridgehead atoms. The van der Waals surface area contributed by atoms with E-state index in [4.69, 9.17) is 4.42 Å². The molecule has 7 heteroatoms. The summed E-state index contributed by atoms with van der Waals surface area (Å²) in [6.45, 7) is 5.81. The summed E-state index contributed by atoms with van der Waals surface area (Å²) in [5.74, 6) is 0.0913. The molecular formula is C24H22N4O3. The molecule has 3 heterocycles. The Morgan fingerprint density at radius 3 is 2.45 bits per heavy atom. The first-order valence-corrected chi connectivity index (χ1v) is 10.1. The Balaban J connectivity index is 1.39. The summed E-state index contributed by atoms with van der Waals surface area (Å²) >= 11 is 0. The summed E-state index contributed by atoms with van der Waals surface area (Å²) in [5, 5.41) is 8.18. The van der Waals surface area contributed by atoms with Gasteiger partial charge in [-0.15, -0.1) is 0 Å². The van der Waals surface area contributed by atoms with Crippen LogP contribution in [0.15, 0.2) is 65.1 Å². The standard InChI is InChI=1S/C24H22N4O3/c1-15-12-16(2)28(26-15)19-10-8-17(9-11-19)14-27-22(29)24(3,25-23(27)30)21-13-18-6-4-5-7-20(18)31-21/h4-13H,14H2,1-3H3,(H,25,30). The minimum atomic E-state index is -1.24. The van der Waals surface area contributed by atoms with Gasteiger partial charge in [-0.05, 0) is 56.7 Å². The molecule has 1 N–H and O–H groups in total. The minimum Gasteiger partial charge on any atom is -0.458 e. The lowest BCUT2D eigenvalue weighted by molar-refractivity contribution is -0.132. The fraction of sp³-hybridized carbons (Fsp3) is 0.208. The normalized spacial score (nSPS) is 18.7. The van der Waals surface area contributed by atoms with E-state index in [2.05, 4.69) is 10.4 Å². The van der Waals surface area contributed by atoms with Crippen LogP contribution in [-0.2, 0) is 16.9 Å². The van der Waals surface area contributed by atoms with Gasteiger partial charge in [0.25, 0.3) is 5.91 Å². The van der Waals surface area contributed by atoms with E-state index in [1.807, 2.05) is 73.1 Å². The number of hydrogen-bond donors (Lipinski definition) is 1. The third-order valence-corrected chi connectivity index (χ3v) is 5.72. The lowest BCUT2D eigenvalue weighted by atomic mass is 9.98. The van der Waals surface area contributed by atoms with E-state index >= 15 is 0 Å². The molecule has 5 rings (SSSR count). The number of urea groups is 1. The van der Waals surface area contributed by atoms with Gasteiger partial charge in [0.2, 0.25) is 0 Å². The first-order valence-electron chi connectivity index (χ1n) is 10.1. The molecular weight excluding hydrogens is 392 g/mol. The highest BCUT2D eigenvalue weighted by molar-refractivity contribution is 6.07. The predicted molar refractivity (Wildman–Crippen MR) is 116 cm³/mol. The number of furan rings is 1. The molecule has 156 valence electrons. The lowest BCUT2D eigenvalue weighted by Crippen LogP contribution is -2.40. The number of carbonyl (C=O) groups excluding carboxylic acids is 2. The molecule has 1 atom stereocenters. The van der Waals surface area contributed by atoms with Crippen LogP contribution >= 0.6 is 0 Å². The zero-order chi connectivity index (χ0) is 21.8. The Hall–Kier alpha value is -3.87. The van der Waals surface area contributed by atoms with E-state index in [0.717, 1.165) is 28.0 Å². The van der Waals surface area contributed by atoms with Crippen molar-refractivity contribution in [3.05, 3.63) is 83.4 Å².